The minimum atomic E-state index is -0.760. The van der Waals surface area contributed by atoms with E-state index in [0.29, 0.717) is 12.0 Å². The first-order chi connectivity index (χ1) is 9.31. The molecule has 0 aromatic rings. The highest BCUT2D eigenvalue weighted by Gasteiger charge is 2.53. The molecule has 2 amide bonds. The first-order valence-corrected chi connectivity index (χ1v) is 7.96. The molecule has 4 heteroatoms. The van der Waals surface area contributed by atoms with Crippen molar-refractivity contribution in [3.05, 3.63) is 0 Å². The Kier molecular flexibility index (Phi) is 3.11. The molecule has 112 valence electrons. The summed E-state index contributed by atoms with van der Waals surface area (Å²) >= 11 is 0. The number of carbonyl (C=O) groups is 2. The zero-order chi connectivity index (χ0) is 14.7. The number of nitrogens with zero attached hydrogens (tertiary/aromatic N) is 1. The summed E-state index contributed by atoms with van der Waals surface area (Å²) in [6, 6.07) is -0.00106. The fourth-order valence-corrected chi connectivity index (χ4v) is 4.54. The Labute approximate surface area is 121 Å². The lowest BCUT2D eigenvalue weighted by Gasteiger charge is -2.49. The molecule has 3 rings (SSSR count). The highest BCUT2D eigenvalue weighted by atomic mass is 16.2. The minimum absolute atomic E-state index is 0.0207. The zero-order valence-electron chi connectivity index (χ0n) is 13.0. The summed E-state index contributed by atoms with van der Waals surface area (Å²) in [5.41, 5.74) is -0.760. The molecule has 3 aliphatic rings. The van der Waals surface area contributed by atoms with Crippen molar-refractivity contribution in [1.29, 1.82) is 0 Å². The third-order valence-electron chi connectivity index (χ3n) is 5.46. The normalized spacial score (nSPS) is 39.5. The van der Waals surface area contributed by atoms with Gasteiger partial charge in [0.25, 0.3) is 0 Å². The van der Waals surface area contributed by atoms with Crippen LogP contribution in [-0.2, 0) is 9.59 Å². The van der Waals surface area contributed by atoms with Gasteiger partial charge in [-0.1, -0.05) is 20.3 Å². The Morgan fingerprint density at radius 2 is 1.90 bits per heavy atom. The number of rotatable bonds is 2. The molecule has 4 unspecified atom stereocenters. The van der Waals surface area contributed by atoms with Crippen LogP contribution in [0.3, 0.4) is 0 Å². The molecule has 0 spiro atoms. The molecule has 1 saturated heterocycles. The molecule has 20 heavy (non-hydrogen) atoms. The zero-order valence-corrected chi connectivity index (χ0v) is 13.0. The Hall–Kier alpha value is -1.06. The van der Waals surface area contributed by atoms with Crippen LogP contribution >= 0.6 is 0 Å². The summed E-state index contributed by atoms with van der Waals surface area (Å²) in [7, 11) is 0. The molecular weight excluding hydrogens is 252 g/mol. The Balaban J connectivity index is 1.94. The van der Waals surface area contributed by atoms with Gasteiger partial charge in [-0.2, -0.15) is 0 Å². The van der Waals surface area contributed by atoms with Crippen LogP contribution in [0.2, 0.25) is 0 Å². The van der Waals surface area contributed by atoms with Gasteiger partial charge in [-0.15, -0.1) is 0 Å². The maximum Gasteiger partial charge on any atom is 0.248 e. The van der Waals surface area contributed by atoms with E-state index in [1.165, 1.54) is 19.3 Å². The monoisotopic (exact) mass is 278 g/mol. The Morgan fingerprint density at radius 1 is 1.20 bits per heavy atom. The van der Waals surface area contributed by atoms with Gasteiger partial charge in [0.1, 0.15) is 11.6 Å². The highest BCUT2D eigenvalue weighted by molar-refractivity contribution is 5.99. The predicted octanol–water partition coefficient (Wildman–Crippen LogP) is 1.94. The summed E-state index contributed by atoms with van der Waals surface area (Å²) in [4.78, 5) is 27.3. The van der Waals surface area contributed by atoms with E-state index in [1.54, 1.807) is 0 Å². The maximum atomic E-state index is 12.9. The number of fused-ring (bicyclic) bond motifs is 2. The van der Waals surface area contributed by atoms with Crippen LogP contribution in [0.25, 0.3) is 0 Å². The molecule has 2 bridgehead atoms. The fraction of sp³-hybridized carbons (Fsp3) is 0.875. The molecule has 4 nitrogen and oxygen atoms in total. The lowest BCUT2D eigenvalue weighted by molar-refractivity contribution is -0.159. The largest absolute Gasteiger partial charge is 0.340 e. The van der Waals surface area contributed by atoms with E-state index in [2.05, 4.69) is 5.32 Å². The molecule has 3 fully saturated rings. The summed E-state index contributed by atoms with van der Waals surface area (Å²) in [5.74, 6) is 1.68. The summed E-state index contributed by atoms with van der Waals surface area (Å²) in [6.07, 6.45) is 4.89. The van der Waals surface area contributed by atoms with Crippen molar-refractivity contribution < 1.29 is 9.59 Å². The molecule has 0 aromatic heterocycles. The average molecular weight is 278 g/mol. The van der Waals surface area contributed by atoms with E-state index in [4.69, 9.17) is 0 Å². The van der Waals surface area contributed by atoms with Crippen molar-refractivity contribution in [2.45, 2.75) is 71.0 Å². The lowest BCUT2D eigenvalue weighted by atomic mass is 9.85. The van der Waals surface area contributed by atoms with E-state index >= 15 is 0 Å². The molecule has 2 saturated carbocycles. The molecule has 1 heterocycles. The first kappa shape index (κ1) is 13.9. The van der Waals surface area contributed by atoms with Crippen LogP contribution in [0.4, 0.5) is 0 Å². The van der Waals surface area contributed by atoms with E-state index in [9.17, 15) is 9.59 Å². The van der Waals surface area contributed by atoms with Gasteiger partial charge < -0.3 is 10.2 Å². The van der Waals surface area contributed by atoms with Crippen LogP contribution in [0, 0.1) is 17.8 Å². The van der Waals surface area contributed by atoms with Gasteiger partial charge >= 0.3 is 0 Å². The van der Waals surface area contributed by atoms with Gasteiger partial charge in [-0.25, -0.2) is 0 Å². The molecule has 0 radical (unpaired) electrons. The predicted molar refractivity (Wildman–Crippen MR) is 76.9 cm³/mol. The van der Waals surface area contributed by atoms with Gasteiger partial charge in [0.15, 0.2) is 0 Å². The van der Waals surface area contributed by atoms with E-state index in [0.717, 1.165) is 12.3 Å². The van der Waals surface area contributed by atoms with Crippen molar-refractivity contribution in [3.63, 3.8) is 0 Å². The summed E-state index contributed by atoms with van der Waals surface area (Å²) < 4.78 is 0. The smallest absolute Gasteiger partial charge is 0.248 e. The number of carbonyl (C=O) groups excluding carboxylic acids is 2. The van der Waals surface area contributed by atoms with Gasteiger partial charge in [0.05, 0.1) is 0 Å². The standard InChI is InChI=1S/C16H26N2O2/c1-9(2)13-14(19)17-16(3,4)15(20)18(13)12-8-10-5-6-11(12)7-10/h9-13H,5-8H2,1-4H3,(H,17,19). The maximum absolute atomic E-state index is 12.9. The molecule has 0 aromatic carbocycles. The number of amides is 2. The number of piperazine rings is 1. The molecule has 1 N–H and O–H groups in total. The van der Waals surface area contributed by atoms with Gasteiger partial charge in [-0.3, -0.25) is 9.59 Å². The van der Waals surface area contributed by atoms with Crippen LogP contribution < -0.4 is 5.32 Å². The second-order valence-corrected chi connectivity index (χ2v) is 7.76. The van der Waals surface area contributed by atoms with Crippen molar-refractivity contribution in [2.75, 3.05) is 0 Å². The fourth-order valence-electron chi connectivity index (χ4n) is 4.54. The molecule has 4 atom stereocenters. The number of nitrogens with one attached hydrogen (secondary N) is 1. The van der Waals surface area contributed by atoms with Gasteiger partial charge in [-0.05, 0) is 50.9 Å². The number of hydrogen-bond donors (Lipinski definition) is 1. The average Bonchev–Trinajstić information content (AvgIpc) is 2.94. The summed E-state index contributed by atoms with van der Waals surface area (Å²) in [5, 5.41) is 2.90. The molecule has 2 aliphatic carbocycles. The molecule has 1 aliphatic heterocycles. The minimum Gasteiger partial charge on any atom is -0.340 e. The van der Waals surface area contributed by atoms with Gasteiger partial charge in [0, 0.05) is 6.04 Å². The van der Waals surface area contributed by atoms with Crippen molar-refractivity contribution in [3.8, 4) is 0 Å². The Bertz CT molecular complexity index is 444. The third-order valence-corrected chi connectivity index (χ3v) is 5.46. The SMILES string of the molecule is CC(C)C1C(=O)NC(C)(C)C(=O)N1C1CC2CCC1C2. The highest BCUT2D eigenvalue weighted by Crippen LogP contribution is 2.48. The Morgan fingerprint density at radius 3 is 2.40 bits per heavy atom. The van der Waals surface area contributed by atoms with Crippen molar-refractivity contribution in [1.82, 2.24) is 10.2 Å². The second kappa shape index (κ2) is 4.47. The third kappa shape index (κ3) is 1.95. The van der Waals surface area contributed by atoms with E-state index in [1.807, 2.05) is 32.6 Å². The van der Waals surface area contributed by atoms with Crippen LogP contribution in [0.15, 0.2) is 0 Å². The quantitative estimate of drug-likeness (QED) is 0.839. The summed E-state index contributed by atoms with van der Waals surface area (Å²) in [6.45, 7) is 7.72. The van der Waals surface area contributed by atoms with E-state index in [-0.39, 0.29) is 23.8 Å². The second-order valence-electron chi connectivity index (χ2n) is 7.76. The lowest BCUT2D eigenvalue weighted by Crippen LogP contribution is -2.71. The van der Waals surface area contributed by atoms with Crippen LogP contribution in [-0.4, -0.2) is 34.3 Å². The van der Waals surface area contributed by atoms with Crippen LogP contribution in [0.1, 0.15) is 53.4 Å². The number of hydrogen-bond acceptors (Lipinski definition) is 2. The first-order valence-electron chi connectivity index (χ1n) is 7.96. The topological polar surface area (TPSA) is 49.4 Å². The van der Waals surface area contributed by atoms with E-state index < -0.39 is 5.54 Å². The van der Waals surface area contributed by atoms with Gasteiger partial charge in [0.2, 0.25) is 11.8 Å². The van der Waals surface area contributed by atoms with Crippen LogP contribution in [0.5, 0.6) is 0 Å². The van der Waals surface area contributed by atoms with Crippen molar-refractivity contribution >= 4 is 11.8 Å². The van der Waals surface area contributed by atoms with Crippen molar-refractivity contribution in [2.24, 2.45) is 17.8 Å². The molecular formula is C16H26N2O2.